The van der Waals surface area contributed by atoms with Gasteiger partial charge in [-0.05, 0) is 56.6 Å². The van der Waals surface area contributed by atoms with Gasteiger partial charge in [0.05, 0.1) is 12.5 Å². The van der Waals surface area contributed by atoms with E-state index in [1.807, 2.05) is 4.90 Å². The van der Waals surface area contributed by atoms with Crippen molar-refractivity contribution < 1.29 is 14.0 Å². The Hall–Kier alpha value is -2.64. The molecule has 1 saturated heterocycles. The predicted octanol–water partition coefficient (Wildman–Crippen LogP) is 2.10. The van der Waals surface area contributed by atoms with Crippen molar-refractivity contribution in [3.05, 3.63) is 36.0 Å². The highest BCUT2D eigenvalue weighted by Gasteiger charge is 2.29. The number of likely N-dealkylation sites (tertiary alicyclic amines) is 1. The van der Waals surface area contributed by atoms with Gasteiger partial charge < -0.3 is 14.6 Å². The van der Waals surface area contributed by atoms with E-state index in [-0.39, 0.29) is 17.9 Å². The molecular formula is C19H25N5O3. The minimum absolute atomic E-state index is 0.0524. The molecule has 1 aliphatic heterocycles. The van der Waals surface area contributed by atoms with Crippen LogP contribution in [0.4, 0.5) is 0 Å². The summed E-state index contributed by atoms with van der Waals surface area (Å²) >= 11 is 0. The lowest BCUT2D eigenvalue weighted by atomic mass is 9.99. The van der Waals surface area contributed by atoms with Gasteiger partial charge in [0.15, 0.2) is 11.5 Å². The fraction of sp³-hybridized carbons (Fsp3) is 0.579. The fourth-order valence-corrected chi connectivity index (χ4v) is 3.55. The second kappa shape index (κ2) is 7.94. The van der Waals surface area contributed by atoms with Gasteiger partial charge in [-0.2, -0.15) is 0 Å². The van der Waals surface area contributed by atoms with E-state index in [0.29, 0.717) is 23.9 Å². The highest BCUT2D eigenvalue weighted by atomic mass is 16.3. The van der Waals surface area contributed by atoms with Crippen LogP contribution >= 0.6 is 0 Å². The normalized spacial score (nSPS) is 19.9. The zero-order chi connectivity index (χ0) is 18.6. The molecule has 0 bridgehead atoms. The van der Waals surface area contributed by atoms with Crippen LogP contribution in [0.5, 0.6) is 0 Å². The van der Waals surface area contributed by atoms with Crippen molar-refractivity contribution in [2.45, 2.75) is 51.1 Å². The van der Waals surface area contributed by atoms with Crippen LogP contribution in [-0.2, 0) is 6.54 Å². The zero-order valence-electron chi connectivity index (χ0n) is 15.3. The van der Waals surface area contributed by atoms with E-state index < -0.39 is 0 Å². The maximum Gasteiger partial charge on any atom is 0.289 e. The average Bonchev–Trinajstić information content (AvgIpc) is 3.16. The molecule has 1 N–H and O–H groups in total. The average molecular weight is 371 g/mol. The summed E-state index contributed by atoms with van der Waals surface area (Å²) in [6, 6.07) is 3.59. The van der Waals surface area contributed by atoms with Gasteiger partial charge in [0.2, 0.25) is 0 Å². The molecule has 1 atom stereocenters. The maximum atomic E-state index is 12.7. The van der Waals surface area contributed by atoms with Crippen molar-refractivity contribution in [1.29, 1.82) is 0 Å². The highest BCUT2D eigenvalue weighted by molar-refractivity contribution is 5.92. The number of amides is 2. The minimum atomic E-state index is -0.166. The van der Waals surface area contributed by atoms with Gasteiger partial charge in [0.25, 0.3) is 11.8 Å². The second-order valence-electron chi connectivity index (χ2n) is 7.43. The van der Waals surface area contributed by atoms with Crippen LogP contribution in [-0.4, -0.2) is 50.8 Å². The third-order valence-corrected chi connectivity index (χ3v) is 5.33. The molecule has 144 valence electrons. The Morgan fingerprint density at radius 2 is 2.15 bits per heavy atom. The molecule has 2 aromatic rings. The molecule has 2 amide bonds. The van der Waals surface area contributed by atoms with E-state index >= 15 is 0 Å². The van der Waals surface area contributed by atoms with Crippen molar-refractivity contribution in [3.8, 4) is 0 Å². The molecule has 0 aromatic carbocycles. The van der Waals surface area contributed by atoms with Crippen LogP contribution in [0.2, 0.25) is 0 Å². The maximum absolute atomic E-state index is 12.7. The third-order valence-electron chi connectivity index (χ3n) is 5.33. The number of hydrogen-bond donors (Lipinski definition) is 1. The van der Waals surface area contributed by atoms with Gasteiger partial charge in [-0.25, -0.2) is 0 Å². The van der Waals surface area contributed by atoms with Gasteiger partial charge in [-0.1, -0.05) is 5.21 Å². The van der Waals surface area contributed by atoms with Crippen LogP contribution in [0.1, 0.15) is 59.6 Å². The Bertz CT molecular complexity index is 781. The van der Waals surface area contributed by atoms with Crippen LogP contribution in [0, 0.1) is 5.92 Å². The summed E-state index contributed by atoms with van der Waals surface area (Å²) in [4.78, 5) is 26.6. The molecule has 0 spiro atoms. The Labute approximate surface area is 157 Å². The number of furan rings is 1. The highest BCUT2D eigenvalue weighted by Crippen LogP contribution is 2.27. The number of hydrogen-bond acceptors (Lipinski definition) is 5. The summed E-state index contributed by atoms with van der Waals surface area (Å²) in [6.45, 7) is 2.09. The van der Waals surface area contributed by atoms with Crippen LogP contribution in [0.25, 0.3) is 0 Å². The van der Waals surface area contributed by atoms with Gasteiger partial charge in [-0.15, -0.1) is 5.10 Å². The summed E-state index contributed by atoms with van der Waals surface area (Å²) in [5, 5.41) is 10.9. The fourth-order valence-electron chi connectivity index (χ4n) is 3.55. The Morgan fingerprint density at radius 3 is 2.93 bits per heavy atom. The standard InChI is InChI=1S/C19H25N5O3/c25-18(20-12-14-6-7-14)16-13-23(22-21-16)10-8-15-4-1-2-9-24(15)19(26)17-5-3-11-27-17/h3,5,11,13-15H,1-2,4,6-10,12H2,(H,20,25). The van der Waals surface area contributed by atoms with Gasteiger partial charge in [0.1, 0.15) is 0 Å². The van der Waals surface area contributed by atoms with Crippen LogP contribution in [0.3, 0.4) is 0 Å². The zero-order valence-corrected chi connectivity index (χ0v) is 15.3. The first-order valence-electron chi connectivity index (χ1n) is 9.73. The smallest absolute Gasteiger partial charge is 0.289 e. The molecule has 2 aliphatic rings. The van der Waals surface area contributed by atoms with E-state index in [1.54, 1.807) is 23.0 Å². The van der Waals surface area contributed by atoms with E-state index in [2.05, 4.69) is 15.6 Å². The lowest BCUT2D eigenvalue weighted by Gasteiger charge is -2.35. The molecule has 2 fully saturated rings. The van der Waals surface area contributed by atoms with E-state index in [9.17, 15) is 9.59 Å². The molecule has 1 unspecified atom stereocenters. The van der Waals surface area contributed by atoms with Crippen LogP contribution < -0.4 is 5.32 Å². The molecule has 8 nitrogen and oxygen atoms in total. The monoisotopic (exact) mass is 371 g/mol. The summed E-state index contributed by atoms with van der Waals surface area (Å²) in [5.74, 6) is 0.800. The van der Waals surface area contributed by atoms with Gasteiger partial charge >= 0.3 is 0 Å². The Balaban J connectivity index is 1.32. The number of nitrogens with one attached hydrogen (secondary N) is 1. The first kappa shape index (κ1) is 17.8. The van der Waals surface area contributed by atoms with Crippen LogP contribution in [0.15, 0.2) is 29.0 Å². The van der Waals surface area contributed by atoms with Crippen molar-refractivity contribution in [2.75, 3.05) is 13.1 Å². The number of aryl methyl sites for hydroxylation is 1. The number of carbonyl (C=O) groups excluding carboxylic acids is 2. The van der Waals surface area contributed by atoms with Crippen molar-refractivity contribution in [1.82, 2.24) is 25.2 Å². The summed E-state index contributed by atoms with van der Waals surface area (Å²) < 4.78 is 6.96. The molecule has 27 heavy (non-hydrogen) atoms. The lowest BCUT2D eigenvalue weighted by molar-refractivity contribution is 0.0561. The topological polar surface area (TPSA) is 93.3 Å². The molecule has 3 heterocycles. The number of piperidine rings is 1. The SMILES string of the molecule is O=C(NCC1CC1)c1cn(CCC2CCCCN2C(=O)c2ccco2)nn1. The summed E-state index contributed by atoms with van der Waals surface area (Å²) in [5.41, 5.74) is 0.350. The number of aromatic nitrogens is 3. The summed E-state index contributed by atoms with van der Waals surface area (Å²) in [7, 11) is 0. The molecule has 2 aromatic heterocycles. The van der Waals surface area contributed by atoms with E-state index in [4.69, 9.17) is 4.42 Å². The number of nitrogens with zero attached hydrogens (tertiary/aromatic N) is 4. The molecule has 1 saturated carbocycles. The largest absolute Gasteiger partial charge is 0.459 e. The third kappa shape index (κ3) is 4.37. The molecule has 8 heteroatoms. The second-order valence-corrected chi connectivity index (χ2v) is 7.43. The summed E-state index contributed by atoms with van der Waals surface area (Å²) in [6.07, 6.45) is 9.47. The predicted molar refractivity (Wildman–Crippen MR) is 97.1 cm³/mol. The van der Waals surface area contributed by atoms with Crippen molar-refractivity contribution in [2.24, 2.45) is 5.92 Å². The lowest BCUT2D eigenvalue weighted by Crippen LogP contribution is -2.44. The molecule has 4 rings (SSSR count). The van der Waals surface area contributed by atoms with Crippen molar-refractivity contribution in [3.63, 3.8) is 0 Å². The number of rotatable bonds is 7. The first-order chi connectivity index (χ1) is 13.2. The minimum Gasteiger partial charge on any atom is -0.459 e. The van der Waals surface area contributed by atoms with Gasteiger partial charge in [-0.3, -0.25) is 14.3 Å². The molecule has 1 aliphatic carbocycles. The van der Waals surface area contributed by atoms with Crippen molar-refractivity contribution >= 4 is 11.8 Å². The Kier molecular flexibility index (Phi) is 5.22. The van der Waals surface area contributed by atoms with E-state index in [1.165, 1.54) is 19.1 Å². The first-order valence-corrected chi connectivity index (χ1v) is 9.73. The van der Waals surface area contributed by atoms with E-state index in [0.717, 1.165) is 38.8 Å². The molecular weight excluding hydrogens is 346 g/mol. The number of carbonyl (C=O) groups is 2. The van der Waals surface area contributed by atoms with Gasteiger partial charge in [0, 0.05) is 25.7 Å². The quantitative estimate of drug-likeness (QED) is 0.804. The Morgan fingerprint density at radius 1 is 1.26 bits per heavy atom. The molecule has 0 radical (unpaired) electrons.